The zero-order chi connectivity index (χ0) is 19.1. The van der Waals surface area contributed by atoms with E-state index in [1.54, 1.807) is 12.0 Å². The third-order valence-corrected chi connectivity index (χ3v) is 4.74. The van der Waals surface area contributed by atoms with E-state index in [0.29, 0.717) is 39.1 Å². The molecule has 0 saturated carbocycles. The normalized spacial score (nSPS) is 16.0. The van der Waals surface area contributed by atoms with Gasteiger partial charge in [0.2, 0.25) is 5.91 Å². The maximum atomic E-state index is 12.9. The lowest BCUT2D eigenvalue weighted by atomic mass is 9.85. The second-order valence-electron chi connectivity index (χ2n) is 6.49. The van der Waals surface area contributed by atoms with Crippen molar-refractivity contribution in [2.45, 2.75) is 18.4 Å². The highest BCUT2D eigenvalue weighted by atomic mass is 16.5. The molecule has 1 saturated heterocycles. The number of oxazole rings is 1. The van der Waals surface area contributed by atoms with E-state index >= 15 is 0 Å². The summed E-state index contributed by atoms with van der Waals surface area (Å²) in [6, 6.07) is 9.62. The summed E-state index contributed by atoms with van der Waals surface area (Å²) in [5.74, 6) is -0.270. The summed E-state index contributed by atoms with van der Waals surface area (Å²) >= 11 is 0. The van der Waals surface area contributed by atoms with E-state index in [1.165, 1.54) is 12.7 Å². The number of ether oxygens (including phenoxy) is 1. The van der Waals surface area contributed by atoms with Gasteiger partial charge in [-0.2, -0.15) is 0 Å². The molecule has 0 aliphatic carbocycles. The molecule has 2 N–H and O–H groups in total. The SMILES string of the molecule is COCCNC(=O)C1(Nc2ccccc2)CCN(C(=O)c2cocn2)CC1. The maximum absolute atomic E-state index is 12.9. The lowest BCUT2D eigenvalue weighted by Crippen LogP contribution is -2.59. The van der Waals surface area contributed by atoms with Crippen molar-refractivity contribution in [3.63, 3.8) is 0 Å². The Balaban J connectivity index is 1.71. The van der Waals surface area contributed by atoms with Gasteiger partial charge in [0.15, 0.2) is 12.1 Å². The first kappa shape index (κ1) is 18.9. The van der Waals surface area contributed by atoms with Crippen LogP contribution in [-0.2, 0) is 9.53 Å². The Labute approximate surface area is 157 Å². The molecule has 0 radical (unpaired) electrons. The van der Waals surface area contributed by atoms with Crippen LogP contribution in [-0.4, -0.2) is 60.6 Å². The number of rotatable bonds is 7. The summed E-state index contributed by atoms with van der Waals surface area (Å²) in [6.07, 6.45) is 3.56. The predicted molar refractivity (Wildman–Crippen MR) is 99.3 cm³/mol. The minimum atomic E-state index is -0.782. The Kier molecular flexibility index (Phi) is 6.08. The molecule has 2 amide bonds. The number of anilines is 1. The largest absolute Gasteiger partial charge is 0.451 e. The summed E-state index contributed by atoms with van der Waals surface area (Å²) in [5, 5.41) is 6.32. The van der Waals surface area contributed by atoms with Crippen molar-refractivity contribution in [2.24, 2.45) is 0 Å². The van der Waals surface area contributed by atoms with Crippen LogP contribution in [0.3, 0.4) is 0 Å². The minimum absolute atomic E-state index is 0.0862. The highest BCUT2D eigenvalue weighted by molar-refractivity contribution is 5.93. The number of para-hydroxylation sites is 1. The second kappa shape index (κ2) is 8.68. The highest BCUT2D eigenvalue weighted by Crippen LogP contribution is 2.28. The molecule has 1 aromatic carbocycles. The number of hydrogen-bond acceptors (Lipinski definition) is 6. The molecule has 1 fully saturated rings. The summed E-state index contributed by atoms with van der Waals surface area (Å²) in [5.41, 5.74) is 0.370. The molecule has 1 aliphatic heterocycles. The fourth-order valence-corrected chi connectivity index (χ4v) is 3.21. The zero-order valence-corrected chi connectivity index (χ0v) is 15.3. The van der Waals surface area contributed by atoms with E-state index in [4.69, 9.17) is 9.15 Å². The summed E-state index contributed by atoms with van der Waals surface area (Å²) < 4.78 is 9.91. The molecular formula is C19H24N4O4. The number of likely N-dealkylation sites (tertiary alicyclic amines) is 1. The number of carbonyl (C=O) groups excluding carboxylic acids is 2. The Morgan fingerprint density at radius 2 is 2.00 bits per heavy atom. The zero-order valence-electron chi connectivity index (χ0n) is 15.3. The molecule has 27 heavy (non-hydrogen) atoms. The summed E-state index contributed by atoms with van der Waals surface area (Å²) in [7, 11) is 1.60. The number of nitrogens with zero attached hydrogens (tertiary/aromatic N) is 2. The van der Waals surface area contributed by atoms with Crippen molar-refractivity contribution in [3.8, 4) is 0 Å². The Morgan fingerprint density at radius 1 is 1.26 bits per heavy atom. The Bertz CT molecular complexity index is 740. The van der Waals surface area contributed by atoms with Gasteiger partial charge in [0, 0.05) is 32.4 Å². The Hall–Kier alpha value is -2.87. The molecular weight excluding hydrogens is 348 g/mol. The van der Waals surface area contributed by atoms with Crippen molar-refractivity contribution in [1.82, 2.24) is 15.2 Å². The van der Waals surface area contributed by atoms with E-state index in [0.717, 1.165) is 5.69 Å². The topological polar surface area (TPSA) is 96.7 Å². The first-order chi connectivity index (χ1) is 13.1. The summed E-state index contributed by atoms with van der Waals surface area (Å²) in [4.78, 5) is 31.0. The predicted octanol–water partition coefficient (Wildman–Crippen LogP) is 1.52. The van der Waals surface area contributed by atoms with Crippen molar-refractivity contribution in [3.05, 3.63) is 48.7 Å². The van der Waals surface area contributed by atoms with E-state index in [-0.39, 0.29) is 17.5 Å². The number of methoxy groups -OCH3 is 1. The quantitative estimate of drug-likeness (QED) is 0.716. The van der Waals surface area contributed by atoms with Crippen LogP contribution in [0.25, 0.3) is 0 Å². The Morgan fingerprint density at radius 3 is 2.63 bits per heavy atom. The van der Waals surface area contributed by atoms with E-state index in [2.05, 4.69) is 15.6 Å². The molecule has 8 nitrogen and oxygen atoms in total. The van der Waals surface area contributed by atoms with Gasteiger partial charge in [0.05, 0.1) is 6.61 Å². The van der Waals surface area contributed by atoms with Gasteiger partial charge < -0.3 is 24.7 Å². The molecule has 0 atom stereocenters. The minimum Gasteiger partial charge on any atom is -0.451 e. The maximum Gasteiger partial charge on any atom is 0.275 e. The van der Waals surface area contributed by atoms with Crippen LogP contribution in [0.4, 0.5) is 5.69 Å². The fraction of sp³-hybridized carbons (Fsp3) is 0.421. The molecule has 2 heterocycles. The molecule has 144 valence electrons. The van der Waals surface area contributed by atoms with Gasteiger partial charge in [0.1, 0.15) is 11.8 Å². The number of nitrogens with one attached hydrogen (secondary N) is 2. The number of amides is 2. The van der Waals surface area contributed by atoms with Crippen molar-refractivity contribution < 1.29 is 18.7 Å². The van der Waals surface area contributed by atoms with Gasteiger partial charge in [-0.1, -0.05) is 18.2 Å². The second-order valence-corrected chi connectivity index (χ2v) is 6.49. The molecule has 1 aliphatic rings. The van der Waals surface area contributed by atoms with E-state index in [1.807, 2.05) is 30.3 Å². The molecule has 3 rings (SSSR count). The van der Waals surface area contributed by atoms with Gasteiger partial charge in [-0.25, -0.2) is 4.98 Å². The van der Waals surface area contributed by atoms with Crippen LogP contribution in [0.2, 0.25) is 0 Å². The van der Waals surface area contributed by atoms with Crippen LogP contribution in [0.1, 0.15) is 23.3 Å². The smallest absolute Gasteiger partial charge is 0.275 e. The van der Waals surface area contributed by atoms with E-state index < -0.39 is 5.54 Å². The molecule has 0 spiro atoms. The molecule has 1 aromatic heterocycles. The average molecular weight is 372 g/mol. The third-order valence-electron chi connectivity index (χ3n) is 4.74. The molecule has 0 bridgehead atoms. The van der Waals surface area contributed by atoms with Crippen LogP contribution < -0.4 is 10.6 Å². The van der Waals surface area contributed by atoms with E-state index in [9.17, 15) is 9.59 Å². The summed E-state index contributed by atoms with van der Waals surface area (Å²) in [6.45, 7) is 1.78. The lowest BCUT2D eigenvalue weighted by Gasteiger charge is -2.41. The third kappa shape index (κ3) is 4.46. The number of carbonyl (C=O) groups is 2. The molecule has 8 heteroatoms. The number of hydrogen-bond donors (Lipinski definition) is 2. The van der Waals surface area contributed by atoms with Crippen LogP contribution in [0.5, 0.6) is 0 Å². The average Bonchev–Trinajstić information content (AvgIpc) is 3.24. The number of benzene rings is 1. The van der Waals surface area contributed by atoms with Gasteiger partial charge in [-0.3, -0.25) is 9.59 Å². The van der Waals surface area contributed by atoms with Gasteiger partial charge >= 0.3 is 0 Å². The first-order valence-electron chi connectivity index (χ1n) is 8.92. The van der Waals surface area contributed by atoms with Crippen molar-refractivity contribution in [2.75, 3.05) is 38.7 Å². The number of piperidine rings is 1. The highest BCUT2D eigenvalue weighted by Gasteiger charge is 2.42. The van der Waals surface area contributed by atoms with Crippen LogP contribution in [0.15, 0.2) is 47.4 Å². The van der Waals surface area contributed by atoms with Gasteiger partial charge in [0.25, 0.3) is 5.91 Å². The number of aromatic nitrogens is 1. The molecule has 2 aromatic rings. The lowest BCUT2D eigenvalue weighted by molar-refractivity contribution is -0.127. The van der Waals surface area contributed by atoms with Gasteiger partial charge in [-0.15, -0.1) is 0 Å². The standard InChI is InChI=1S/C19H24N4O4/c1-26-12-9-20-18(25)19(22-15-5-3-2-4-6-15)7-10-23(11-8-19)17(24)16-13-27-14-21-16/h2-6,13-14,22H,7-12H2,1H3,(H,20,25). The first-order valence-corrected chi connectivity index (χ1v) is 8.92. The van der Waals surface area contributed by atoms with Crippen LogP contribution >= 0.6 is 0 Å². The van der Waals surface area contributed by atoms with Crippen LogP contribution in [0, 0.1) is 0 Å². The molecule has 0 unspecified atom stereocenters. The van der Waals surface area contributed by atoms with Gasteiger partial charge in [-0.05, 0) is 25.0 Å². The van der Waals surface area contributed by atoms with Crippen molar-refractivity contribution >= 4 is 17.5 Å². The van der Waals surface area contributed by atoms with Crippen molar-refractivity contribution in [1.29, 1.82) is 0 Å². The fourth-order valence-electron chi connectivity index (χ4n) is 3.21. The monoisotopic (exact) mass is 372 g/mol.